The van der Waals surface area contributed by atoms with Crippen molar-refractivity contribution in [2.24, 2.45) is 0 Å². The monoisotopic (exact) mass is 297 g/mol. The summed E-state index contributed by atoms with van der Waals surface area (Å²) in [5.74, 6) is 1.81. The average Bonchev–Trinajstić information content (AvgIpc) is 2.89. The van der Waals surface area contributed by atoms with Crippen LogP contribution in [0.2, 0.25) is 0 Å². The number of hydrogen-bond acceptors (Lipinski definition) is 4. The zero-order chi connectivity index (χ0) is 15.5. The van der Waals surface area contributed by atoms with Gasteiger partial charge in [0.05, 0.1) is 11.0 Å². The molecule has 0 saturated carbocycles. The summed E-state index contributed by atoms with van der Waals surface area (Å²) in [4.78, 5) is 11.6. The number of para-hydroxylation sites is 2. The molecule has 0 saturated heterocycles. The van der Waals surface area contributed by atoms with Gasteiger partial charge in [-0.25, -0.2) is 9.97 Å². The number of likely N-dealkylation sites (N-methyl/N-ethyl adjacent to an activating group) is 1. The molecular weight excluding hydrogens is 274 g/mol. The molecule has 5 nitrogen and oxygen atoms in total. The molecule has 2 aromatic heterocycles. The SMILES string of the molecule is CCN(CC)CCNc1cc(C)nc2nc3ccccc3n12. The van der Waals surface area contributed by atoms with Gasteiger partial charge >= 0.3 is 0 Å². The van der Waals surface area contributed by atoms with Crippen LogP contribution in [0.25, 0.3) is 16.8 Å². The number of benzene rings is 1. The van der Waals surface area contributed by atoms with E-state index in [0.29, 0.717) is 0 Å². The first-order valence-corrected chi connectivity index (χ1v) is 7.94. The molecule has 2 heterocycles. The molecule has 0 aliphatic heterocycles. The summed E-state index contributed by atoms with van der Waals surface area (Å²) in [6.45, 7) is 10.5. The van der Waals surface area contributed by atoms with E-state index in [-0.39, 0.29) is 0 Å². The third-order valence-electron chi connectivity index (χ3n) is 4.03. The predicted octanol–water partition coefficient (Wildman–Crippen LogP) is 2.94. The fourth-order valence-corrected chi connectivity index (χ4v) is 2.79. The summed E-state index contributed by atoms with van der Waals surface area (Å²) in [6.07, 6.45) is 0. The van der Waals surface area contributed by atoms with Crippen molar-refractivity contribution in [2.75, 3.05) is 31.5 Å². The number of aryl methyl sites for hydroxylation is 1. The van der Waals surface area contributed by atoms with Crippen molar-refractivity contribution in [3.05, 3.63) is 36.0 Å². The molecule has 1 N–H and O–H groups in total. The van der Waals surface area contributed by atoms with Crippen LogP contribution >= 0.6 is 0 Å². The van der Waals surface area contributed by atoms with Crippen LogP contribution in [0.15, 0.2) is 30.3 Å². The highest BCUT2D eigenvalue weighted by molar-refractivity contribution is 5.81. The Balaban J connectivity index is 1.94. The number of nitrogens with one attached hydrogen (secondary N) is 1. The third-order valence-corrected chi connectivity index (χ3v) is 4.03. The zero-order valence-corrected chi connectivity index (χ0v) is 13.5. The van der Waals surface area contributed by atoms with Crippen molar-refractivity contribution >= 4 is 22.6 Å². The fourth-order valence-electron chi connectivity index (χ4n) is 2.79. The van der Waals surface area contributed by atoms with Gasteiger partial charge in [0.2, 0.25) is 5.78 Å². The van der Waals surface area contributed by atoms with Crippen LogP contribution in [0.1, 0.15) is 19.5 Å². The van der Waals surface area contributed by atoms with Crippen molar-refractivity contribution < 1.29 is 0 Å². The van der Waals surface area contributed by atoms with E-state index in [1.807, 2.05) is 25.1 Å². The molecule has 3 rings (SSSR count). The molecule has 0 radical (unpaired) electrons. The van der Waals surface area contributed by atoms with Gasteiger partial charge in [-0.2, -0.15) is 0 Å². The first-order chi connectivity index (χ1) is 10.7. The molecule has 5 heteroatoms. The maximum Gasteiger partial charge on any atom is 0.236 e. The zero-order valence-electron chi connectivity index (χ0n) is 13.5. The average molecular weight is 297 g/mol. The maximum absolute atomic E-state index is 4.61. The molecule has 0 aliphatic rings. The van der Waals surface area contributed by atoms with E-state index >= 15 is 0 Å². The Morgan fingerprint density at radius 2 is 1.91 bits per heavy atom. The minimum atomic E-state index is 0.756. The van der Waals surface area contributed by atoms with E-state index in [4.69, 9.17) is 0 Å². The van der Waals surface area contributed by atoms with Gasteiger partial charge in [-0.3, -0.25) is 4.40 Å². The number of nitrogens with zero attached hydrogens (tertiary/aromatic N) is 4. The highest BCUT2D eigenvalue weighted by Crippen LogP contribution is 2.20. The molecule has 3 aromatic rings. The van der Waals surface area contributed by atoms with Crippen LogP contribution in [-0.2, 0) is 0 Å². The topological polar surface area (TPSA) is 45.5 Å². The number of rotatable bonds is 6. The molecule has 0 atom stereocenters. The Bertz CT molecular complexity index is 773. The second kappa shape index (κ2) is 6.32. The van der Waals surface area contributed by atoms with Gasteiger partial charge < -0.3 is 10.2 Å². The van der Waals surface area contributed by atoms with Crippen molar-refractivity contribution in [1.82, 2.24) is 19.3 Å². The maximum atomic E-state index is 4.61. The summed E-state index contributed by atoms with van der Waals surface area (Å²) in [5, 5.41) is 3.55. The van der Waals surface area contributed by atoms with Crippen molar-refractivity contribution in [1.29, 1.82) is 0 Å². The van der Waals surface area contributed by atoms with Gasteiger partial charge in [0.1, 0.15) is 5.82 Å². The summed E-state index contributed by atoms with van der Waals surface area (Å²) in [7, 11) is 0. The molecule has 22 heavy (non-hydrogen) atoms. The molecular formula is C17H23N5. The summed E-state index contributed by atoms with van der Waals surface area (Å²) < 4.78 is 2.10. The van der Waals surface area contributed by atoms with Crippen LogP contribution in [0.4, 0.5) is 5.82 Å². The minimum absolute atomic E-state index is 0.756. The standard InChI is InChI=1S/C17H23N5/c1-4-21(5-2)11-10-18-16-12-13(3)19-17-20-14-8-6-7-9-15(14)22(16)17/h6-9,12,18H,4-5,10-11H2,1-3H3. The van der Waals surface area contributed by atoms with Crippen LogP contribution in [0.5, 0.6) is 0 Å². The van der Waals surface area contributed by atoms with Gasteiger partial charge in [0, 0.05) is 24.8 Å². The molecule has 0 amide bonds. The van der Waals surface area contributed by atoms with E-state index in [0.717, 1.165) is 54.5 Å². The van der Waals surface area contributed by atoms with E-state index in [2.05, 4.69) is 50.6 Å². The fraction of sp³-hybridized carbons (Fsp3) is 0.412. The molecule has 0 unspecified atom stereocenters. The number of anilines is 1. The Kier molecular flexibility index (Phi) is 4.24. The van der Waals surface area contributed by atoms with Crippen LogP contribution in [0, 0.1) is 6.92 Å². The molecule has 0 fully saturated rings. The molecule has 0 spiro atoms. The van der Waals surface area contributed by atoms with Gasteiger partial charge in [0.15, 0.2) is 0 Å². The molecule has 0 bridgehead atoms. The molecule has 1 aromatic carbocycles. The summed E-state index contributed by atoms with van der Waals surface area (Å²) >= 11 is 0. The second-order valence-corrected chi connectivity index (χ2v) is 5.47. The van der Waals surface area contributed by atoms with Gasteiger partial charge in [0.25, 0.3) is 0 Å². The van der Waals surface area contributed by atoms with Crippen LogP contribution < -0.4 is 5.32 Å². The van der Waals surface area contributed by atoms with Crippen molar-refractivity contribution in [2.45, 2.75) is 20.8 Å². The van der Waals surface area contributed by atoms with E-state index in [1.54, 1.807) is 0 Å². The number of imidazole rings is 1. The van der Waals surface area contributed by atoms with E-state index < -0.39 is 0 Å². The third kappa shape index (κ3) is 2.76. The Hall–Kier alpha value is -2.14. The predicted molar refractivity (Wildman–Crippen MR) is 91.5 cm³/mol. The van der Waals surface area contributed by atoms with Gasteiger partial charge in [-0.15, -0.1) is 0 Å². The number of hydrogen-bond donors (Lipinski definition) is 1. The summed E-state index contributed by atoms with van der Waals surface area (Å²) in [6, 6.07) is 10.2. The van der Waals surface area contributed by atoms with Crippen LogP contribution in [0.3, 0.4) is 0 Å². The van der Waals surface area contributed by atoms with Crippen molar-refractivity contribution in [3.8, 4) is 0 Å². The first-order valence-electron chi connectivity index (χ1n) is 7.94. The molecule has 0 aliphatic carbocycles. The number of aromatic nitrogens is 3. The smallest absolute Gasteiger partial charge is 0.236 e. The lowest BCUT2D eigenvalue weighted by Crippen LogP contribution is -2.29. The van der Waals surface area contributed by atoms with E-state index in [9.17, 15) is 0 Å². The minimum Gasteiger partial charge on any atom is -0.370 e. The second-order valence-electron chi connectivity index (χ2n) is 5.47. The Morgan fingerprint density at radius 1 is 1.14 bits per heavy atom. The van der Waals surface area contributed by atoms with Gasteiger partial charge in [-0.1, -0.05) is 26.0 Å². The van der Waals surface area contributed by atoms with Crippen molar-refractivity contribution in [3.63, 3.8) is 0 Å². The normalized spacial score (nSPS) is 11.6. The lowest BCUT2D eigenvalue weighted by Gasteiger charge is -2.19. The molecule has 116 valence electrons. The van der Waals surface area contributed by atoms with E-state index in [1.165, 1.54) is 0 Å². The van der Waals surface area contributed by atoms with Crippen LogP contribution in [-0.4, -0.2) is 45.4 Å². The lowest BCUT2D eigenvalue weighted by molar-refractivity contribution is 0.316. The van der Waals surface area contributed by atoms with Gasteiger partial charge in [-0.05, 0) is 32.1 Å². The largest absolute Gasteiger partial charge is 0.370 e. The lowest BCUT2D eigenvalue weighted by atomic mass is 10.3. The highest BCUT2D eigenvalue weighted by Gasteiger charge is 2.10. The Morgan fingerprint density at radius 3 is 2.68 bits per heavy atom. The highest BCUT2D eigenvalue weighted by atomic mass is 15.2. The number of fused-ring (bicyclic) bond motifs is 3. The summed E-state index contributed by atoms with van der Waals surface area (Å²) in [5.41, 5.74) is 3.05. The quantitative estimate of drug-likeness (QED) is 0.760. The first kappa shape index (κ1) is 14.8. The Labute approximate surface area is 131 Å².